The highest BCUT2D eigenvalue weighted by Gasteiger charge is 2.06. The number of nitrogen functional groups attached to an aromatic ring is 1. The predicted octanol–water partition coefficient (Wildman–Crippen LogP) is 3.91. The quantitative estimate of drug-likeness (QED) is 0.817. The first-order valence-corrected chi connectivity index (χ1v) is 5.69. The number of methoxy groups -OCH3 is 1. The molecule has 0 saturated carbocycles. The Morgan fingerprint density at radius 2 is 1.88 bits per heavy atom. The summed E-state index contributed by atoms with van der Waals surface area (Å²) in [5, 5.41) is 0.662. The monoisotopic (exact) mass is 247 g/mol. The highest BCUT2D eigenvalue weighted by Crippen LogP contribution is 2.32. The van der Waals surface area contributed by atoms with Gasteiger partial charge in [0.15, 0.2) is 0 Å². The van der Waals surface area contributed by atoms with Gasteiger partial charge in [-0.15, -0.1) is 0 Å². The van der Waals surface area contributed by atoms with Crippen molar-refractivity contribution in [3.63, 3.8) is 0 Å². The lowest BCUT2D eigenvalue weighted by atomic mass is 10.0. The van der Waals surface area contributed by atoms with Crippen LogP contribution < -0.4 is 10.5 Å². The van der Waals surface area contributed by atoms with Gasteiger partial charge in [0, 0.05) is 11.3 Å². The lowest BCUT2D eigenvalue weighted by molar-refractivity contribution is 0.412. The van der Waals surface area contributed by atoms with Gasteiger partial charge in [-0.25, -0.2) is 0 Å². The summed E-state index contributed by atoms with van der Waals surface area (Å²) in [5.74, 6) is 0.875. The summed E-state index contributed by atoms with van der Waals surface area (Å²) >= 11 is 6.18. The van der Waals surface area contributed by atoms with Crippen molar-refractivity contribution in [3.8, 4) is 16.9 Å². The van der Waals surface area contributed by atoms with Crippen LogP contribution in [0.3, 0.4) is 0 Å². The van der Waals surface area contributed by atoms with Gasteiger partial charge in [-0.1, -0.05) is 23.7 Å². The van der Waals surface area contributed by atoms with Gasteiger partial charge in [0.05, 0.1) is 12.1 Å². The number of hydrogen-bond donors (Lipinski definition) is 1. The lowest BCUT2D eigenvalue weighted by Gasteiger charge is -2.09. The zero-order valence-electron chi connectivity index (χ0n) is 9.83. The van der Waals surface area contributed by atoms with E-state index in [-0.39, 0.29) is 0 Å². The topological polar surface area (TPSA) is 35.2 Å². The second kappa shape index (κ2) is 4.68. The minimum Gasteiger partial charge on any atom is -0.496 e. The Hall–Kier alpha value is -1.67. The maximum Gasteiger partial charge on any atom is 0.121 e. The van der Waals surface area contributed by atoms with E-state index in [1.54, 1.807) is 13.2 Å². The van der Waals surface area contributed by atoms with Crippen LogP contribution in [0.5, 0.6) is 5.75 Å². The first-order valence-electron chi connectivity index (χ1n) is 5.32. The van der Waals surface area contributed by atoms with Gasteiger partial charge in [0.1, 0.15) is 5.75 Å². The lowest BCUT2D eigenvalue weighted by Crippen LogP contribution is -1.89. The van der Waals surface area contributed by atoms with Crippen molar-refractivity contribution in [1.82, 2.24) is 0 Å². The Balaban J connectivity index is 2.50. The number of benzene rings is 2. The van der Waals surface area contributed by atoms with E-state index < -0.39 is 0 Å². The van der Waals surface area contributed by atoms with Crippen LogP contribution in [0.15, 0.2) is 36.4 Å². The summed E-state index contributed by atoms with van der Waals surface area (Å²) < 4.78 is 5.23. The molecule has 0 bridgehead atoms. The van der Waals surface area contributed by atoms with Crippen molar-refractivity contribution in [2.45, 2.75) is 6.92 Å². The molecule has 0 saturated heterocycles. The summed E-state index contributed by atoms with van der Waals surface area (Å²) in [4.78, 5) is 0. The van der Waals surface area contributed by atoms with Gasteiger partial charge in [0.25, 0.3) is 0 Å². The number of ether oxygens (including phenoxy) is 1. The molecule has 0 aliphatic rings. The Labute approximate surface area is 106 Å². The second-order valence-corrected chi connectivity index (χ2v) is 4.33. The van der Waals surface area contributed by atoms with Gasteiger partial charge in [-0.3, -0.25) is 0 Å². The number of aryl methyl sites for hydroxylation is 1. The average molecular weight is 248 g/mol. The van der Waals surface area contributed by atoms with E-state index in [9.17, 15) is 0 Å². The zero-order chi connectivity index (χ0) is 12.4. The van der Waals surface area contributed by atoms with Gasteiger partial charge in [-0.2, -0.15) is 0 Å². The van der Waals surface area contributed by atoms with E-state index in [0.717, 1.165) is 22.4 Å². The Morgan fingerprint density at radius 3 is 2.47 bits per heavy atom. The van der Waals surface area contributed by atoms with Crippen molar-refractivity contribution >= 4 is 17.3 Å². The van der Waals surface area contributed by atoms with Crippen molar-refractivity contribution < 1.29 is 4.74 Å². The van der Waals surface area contributed by atoms with Crippen LogP contribution in [0.2, 0.25) is 5.02 Å². The largest absolute Gasteiger partial charge is 0.496 e. The fraction of sp³-hybridized carbons (Fsp3) is 0.143. The first kappa shape index (κ1) is 11.8. The molecule has 2 rings (SSSR count). The fourth-order valence-corrected chi connectivity index (χ4v) is 2.11. The Morgan fingerprint density at radius 1 is 1.12 bits per heavy atom. The Kier molecular flexibility index (Phi) is 3.25. The molecule has 0 spiro atoms. The number of nitrogens with two attached hydrogens (primary N) is 1. The third kappa shape index (κ3) is 2.37. The van der Waals surface area contributed by atoms with Crippen LogP contribution in [-0.2, 0) is 0 Å². The fourth-order valence-electron chi connectivity index (χ4n) is 1.81. The van der Waals surface area contributed by atoms with Gasteiger partial charge in [0.2, 0.25) is 0 Å². The minimum atomic E-state index is 0.662. The van der Waals surface area contributed by atoms with E-state index in [2.05, 4.69) is 6.07 Å². The number of rotatable bonds is 2. The van der Waals surface area contributed by atoms with Crippen LogP contribution in [0.25, 0.3) is 11.1 Å². The van der Waals surface area contributed by atoms with Crippen LogP contribution >= 0.6 is 11.6 Å². The van der Waals surface area contributed by atoms with E-state index >= 15 is 0 Å². The summed E-state index contributed by atoms with van der Waals surface area (Å²) in [6, 6.07) is 11.5. The van der Waals surface area contributed by atoms with Crippen molar-refractivity contribution in [2.75, 3.05) is 12.8 Å². The van der Waals surface area contributed by atoms with E-state index in [1.165, 1.54) is 0 Å². The molecule has 17 heavy (non-hydrogen) atoms. The van der Waals surface area contributed by atoms with Crippen molar-refractivity contribution in [2.24, 2.45) is 0 Å². The maximum absolute atomic E-state index is 6.18. The molecule has 0 aliphatic carbocycles. The number of hydrogen-bond acceptors (Lipinski definition) is 2. The molecule has 0 fully saturated rings. The summed E-state index contributed by atoms with van der Waals surface area (Å²) in [7, 11) is 1.66. The molecule has 0 heterocycles. The average Bonchev–Trinajstić information content (AvgIpc) is 2.29. The highest BCUT2D eigenvalue weighted by atomic mass is 35.5. The van der Waals surface area contributed by atoms with Gasteiger partial charge in [-0.05, 0) is 42.3 Å². The third-order valence-electron chi connectivity index (χ3n) is 2.70. The molecule has 88 valence electrons. The summed E-state index contributed by atoms with van der Waals surface area (Å²) in [6.45, 7) is 2.01. The standard InChI is InChI=1S/C14H14ClNO/c1-9-7-10(3-6-14(9)17-2)12-5-4-11(16)8-13(12)15/h3-8H,16H2,1-2H3. The van der Waals surface area contributed by atoms with Crippen LogP contribution in [-0.4, -0.2) is 7.11 Å². The normalized spacial score (nSPS) is 10.3. The molecule has 0 aliphatic heterocycles. The molecule has 2 aromatic rings. The number of anilines is 1. The first-order chi connectivity index (χ1) is 8.11. The molecule has 0 unspecified atom stereocenters. The van der Waals surface area contributed by atoms with Gasteiger partial charge >= 0.3 is 0 Å². The maximum atomic E-state index is 6.18. The Bertz CT molecular complexity index is 552. The van der Waals surface area contributed by atoms with Crippen molar-refractivity contribution in [3.05, 3.63) is 47.0 Å². The molecule has 2 aromatic carbocycles. The molecular weight excluding hydrogens is 234 g/mol. The molecule has 2 N–H and O–H groups in total. The predicted molar refractivity (Wildman–Crippen MR) is 72.6 cm³/mol. The molecule has 3 heteroatoms. The van der Waals surface area contributed by atoms with E-state index in [4.69, 9.17) is 22.1 Å². The molecule has 0 radical (unpaired) electrons. The molecule has 2 nitrogen and oxygen atoms in total. The van der Waals surface area contributed by atoms with Crippen molar-refractivity contribution in [1.29, 1.82) is 0 Å². The van der Waals surface area contributed by atoms with Crippen LogP contribution in [0.1, 0.15) is 5.56 Å². The second-order valence-electron chi connectivity index (χ2n) is 3.92. The van der Waals surface area contributed by atoms with E-state index in [0.29, 0.717) is 10.7 Å². The SMILES string of the molecule is COc1ccc(-c2ccc(N)cc2Cl)cc1C. The van der Waals surface area contributed by atoms with Crippen LogP contribution in [0, 0.1) is 6.92 Å². The highest BCUT2D eigenvalue weighted by molar-refractivity contribution is 6.33. The number of halogens is 1. The molecule has 0 amide bonds. The molecular formula is C14H14ClNO. The molecule has 0 aromatic heterocycles. The van der Waals surface area contributed by atoms with E-state index in [1.807, 2.05) is 31.2 Å². The van der Waals surface area contributed by atoms with Gasteiger partial charge < -0.3 is 10.5 Å². The zero-order valence-corrected chi connectivity index (χ0v) is 10.6. The summed E-state index contributed by atoms with van der Waals surface area (Å²) in [6.07, 6.45) is 0. The third-order valence-corrected chi connectivity index (χ3v) is 3.01. The molecule has 0 atom stereocenters. The summed E-state index contributed by atoms with van der Waals surface area (Å²) in [5.41, 5.74) is 9.47. The smallest absolute Gasteiger partial charge is 0.121 e. The minimum absolute atomic E-state index is 0.662. The van der Waals surface area contributed by atoms with Crippen LogP contribution in [0.4, 0.5) is 5.69 Å².